The predicted octanol–water partition coefficient (Wildman–Crippen LogP) is 2.94. The molecule has 1 fully saturated rings. The molecule has 0 spiro atoms. The molecule has 7 nitrogen and oxygen atoms in total. The van der Waals surface area contributed by atoms with Gasteiger partial charge in [0.15, 0.2) is 0 Å². The van der Waals surface area contributed by atoms with Crippen LogP contribution in [-0.4, -0.2) is 49.0 Å². The van der Waals surface area contributed by atoms with Crippen LogP contribution in [0, 0.1) is 5.92 Å². The van der Waals surface area contributed by atoms with Gasteiger partial charge in [0, 0.05) is 6.54 Å². The van der Waals surface area contributed by atoms with Crippen molar-refractivity contribution in [1.82, 2.24) is 13.6 Å². The summed E-state index contributed by atoms with van der Waals surface area (Å²) in [6, 6.07) is 5.04. The van der Waals surface area contributed by atoms with Gasteiger partial charge >= 0.3 is 12.1 Å². The van der Waals surface area contributed by atoms with Gasteiger partial charge < -0.3 is 9.84 Å². The number of fused-ring (bicyclic) bond motifs is 1. The highest BCUT2D eigenvalue weighted by Crippen LogP contribution is 2.29. The van der Waals surface area contributed by atoms with Gasteiger partial charge in [0.1, 0.15) is 22.7 Å². The van der Waals surface area contributed by atoms with Crippen molar-refractivity contribution in [3.63, 3.8) is 0 Å². The second kappa shape index (κ2) is 6.59. The van der Waals surface area contributed by atoms with Crippen LogP contribution in [-0.2, 0) is 16.0 Å². The third-order valence-electron chi connectivity index (χ3n) is 4.14. The number of aromatic nitrogens is 2. The van der Waals surface area contributed by atoms with Crippen molar-refractivity contribution in [1.29, 1.82) is 0 Å². The molecule has 0 bridgehead atoms. The summed E-state index contributed by atoms with van der Waals surface area (Å²) in [4.78, 5) is 25.2. The van der Waals surface area contributed by atoms with E-state index in [0.29, 0.717) is 19.4 Å². The Balaban J connectivity index is 1.72. The first kappa shape index (κ1) is 17.6. The molecule has 2 atom stereocenters. The Morgan fingerprint density at radius 3 is 2.72 bits per heavy atom. The molecule has 0 unspecified atom stereocenters. The molecule has 0 radical (unpaired) electrons. The van der Waals surface area contributed by atoms with Crippen LogP contribution in [0.2, 0.25) is 0 Å². The highest BCUT2D eigenvalue weighted by molar-refractivity contribution is 7.00. The van der Waals surface area contributed by atoms with Crippen molar-refractivity contribution >= 4 is 34.8 Å². The van der Waals surface area contributed by atoms with Crippen molar-refractivity contribution in [3.05, 3.63) is 23.8 Å². The normalized spacial score (nSPS) is 20.8. The van der Waals surface area contributed by atoms with E-state index in [9.17, 15) is 14.7 Å². The number of nitrogens with zero attached hydrogens (tertiary/aromatic N) is 3. The number of carboxylic acid groups (broad SMARTS) is 1. The maximum atomic E-state index is 12.3. The number of benzene rings is 1. The molecule has 1 amide bonds. The summed E-state index contributed by atoms with van der Waals surface area (Å²) in [6.45, 7) is 5.68. The van der Waals surface area contributed by atoms with Gasteiger partial charge in [0.25, 0.3) is 0 Å². The van der Waals surface area contributed by atoms with E-state index in [1.165, 1.54) is 16.6 Å². The molecule has 25 heavy (non-hydrogen) atoms. The Morgan fingerprint density at radius 2 is 2.04 bits per heavy atom. The third kappa shape index (κ3) is 4.07. The van der Waals surface area contributed by atoms with Crippen LogP contribution in [0.1, 0.15) is 32.8 Å². The van der Waals surface area contributed by atoms with E-state index in [2.05, 4.69) is 8.75 Å². The molecule has 1 aliphatic heterocycles. The summed E-state index contributed by atoms with van der Waals surface area (Å²) >= 11 is 1.17. The van der Waals surface area contributed by atoms with E-state index in [1.807, 2.05) is 18.2 Å². The number of aliphatic carboxylic acids is 1. The van der Waals surface area contributed by atoms with E-state index in [4.69, 9.17) is 4.74 Å². The van der Waals surface area contributed by atoms with Gasteiger partial charge in [-0.3, -0.25) is 4.90 Å². The molecule has 2 heterocycles. The van der Waals surface area contributed by atoms with Gasteiger partial charge in [-0.2, -0.15) is 8.75 Å². The Hall–Kier alpha value is -2.22. The lowest BCUT2D eigenvalue weighted by Gasteiger charge is -2.26. The molecule has 1 aromatic heterocycles. The predicted molar refractivity (Wildman–Crippen MR) is 93.6 cm³/mol. The highest BCUT2D eigenvalue weighted by atomic mass is 32.1. The smallest absolute Gasteiger partial charge is 0.411 e. The van der Waals surface area contributed by atoms with Crippen molar-refractivity contribution < 1.29 is 19.4 Å². The molecule has 8 heteroatoms. The Labute approximate surface area is 149 Å². The topological polar surface area (TPSA) is 92.6 Å². The van der Waals surface area contributed by atoms with Gasteiger partial charge in [0.2, 0.25) is 0 Å². The first-order valence-corrected chi connectivity index (χ1v) is 8.89. The van der Waals surface area contributed by atoms with E-state index in [0.717, 1.165) is 16.6 Å². The van der Waals surface area contributed by atoms with E-state index in [-0.39, 0.29) is 5.92 Å². The van der Waals surface area contributed by atoms with Crippen molar-refractivity contribution in [3.8, 4) is 0 Å². The summed E-state index contributed by atoms with van der Waals surface area (Å²) in [5.41, 5.74) is 2.12. The van der Waals surface area contributed by atoms with Crippen LogP contribution in [0.3, 0.4) is 0 Å². The number of hydrogen-bond acceptors (Lipinski definition) is 6. The van der Waals surface area contributed by atoms with Crippen molar-refractivity contribution in [2.45, 2.75) is 45.3 Å². The standard InChI is InChI=1S/C17H21N3O4S/c1-17(2,3)24-16(23)20-9-11(8-14(20)15(21)22)6-10-4-5-12-13(7-10)19-25-18-12/h4-5,7,11,14H,6,8-9H2,1-3H3,(H,21,22)/t11-,14+/m0/s1. The zero-order valence-corrected chi connectivity index (χ0v) is 15.2. The van der Waals surface area contributed by atoms with Crippen LogP contribution in [0.4, 0.5) is 4.79 Å². The number of rotatable bonds is 3. The first-order valence-electron chi connectivity index (χ1n) is 8.16. The van der Waals surface area contributed by atoms with Crippen LogP contribution in [0.15, 0.2) is 18.2 Å². The van der Waals surface area contributed by atoms with Crippen molar-refractivity contribution in [2.75, 3.05) is 6.54 Å². The summed E-state index contributed by atoms with van der Waals surface area (Å²) in [5, 5.41) is 9.46. The average Bonchev–Trinajstić information content (AvgIpc) is 3.11. The maximum Gasteiger partial charge on any atom is 0.411 e. The van der Waals surface area contributed by atoms with Crippen LogP contribution in [0.25, 0.3) is 11.0 Å². The summed E-state index contributed by atoms with van der Waals surface area (Å²) < 4.78 is 13.8. The van der Waals surface area contributed by atoms with Gasteiger partial charge in [-0.1, -0.05) is 6.07 Å². The minimum atomic E-state index is -0.993. The third-order valence-corrected chi connectivity index (χ3v) is 4.70. The molecular weight excluding hydrogens is 342 g/mol. The minimum Gasteiger partial charge on any atom is -0.480 e. The Bertz CT molecular complexity index is 799. The zero-order chi connectivity index (χ0) is 18.2. The van der Waals surface area contributed by atoms with Gasteiger partial charge in [-0.05, 0) is 57.2 Å². The second-order valence-corrected chi connectivity index (χ2v) is 7.91. The van der Waals surface area contributed by atoms with E-state index in [1.54, 1.807) is 20.8 Å². The van der Waals surface area contributed by atoms with E-state index < -0.39 is 23.7 Å². The quantitative estimate of drug-likeness (QED) is 0.901. The molecule has 134 valence electrons. The first-order chi connectivity index (χ1) is 11.7. The molecule has 1 aliphatic rings. The molecule has 0 aliphatic carbocycles. The fourth-order valence-electron chi connectivity index (χ4n) is 3.12. The molecule has 1 saturated heterocycles. The number of hydrogen-bond donors (Lipinski definition) is 1. The van der Waals surface area contributed by atoms with Crippen LogP contribution < -0.4 is 0 Å². The summed E-state index contributed by atoms with van der Waals surface area (Å²) in [5.74, 6) is -0.926. The lowest BCUT2D eigenvalue weighted by molar-refractivity contribution is -0.142. The number of ether oxygens (including phenoxy) is 1. The fraction of sp³-hybridized carbons (Fsp3) is 0.529. The Morgan fingerprint density at radius 1 is 1.32 bits per heavy atom. The van der Waals surface area contributed by atoms with Crippen molar-refractivity contribution in [2.24, 2.45) is 5.92 Å². The fourth-order valence-corrected chi connectivity index (χ4v) is 3.63. The van der Waals surface area contributed by atoms with Gasteiger partial charge in [-0.25, -0.2) is 9.59 Å². The second-order valence-electron chi connectivity index (χ2n) is 7.38. The summed E-state index contributed by atoms with van der Waals surface area (Å²) in [7, 11) is 0. The maximum absolute atomic E-state index is 12.3. The summed E-state index contributed by atoms with van der Waals surface area (Å²) in [6.07, 6.45) is 0.542. The lowest BCUT2D eigenvalue weighted by Crippen LogP contribution is -2.43. The number of carbonyl (C=O) groups is 2. The lowest BCUT2D eigenvalue weighted by atomic mass is 9.96. The molecule has 0 saturated carbocycles. The SMILES string of the molecule is CC(C)(C)OC(=O)N1C[C@@H](Cc2ccc3nsnc3c2)C[C@@H]1C(=O)O. The average molecular weight is 363 g/mol. The number of carboxylic acids is 1. The largest absolute Gasteiger partial charge is 0.480 e. The zero-order valence-electron chi connectivity index (χ0n) is 14.4. The molecule has 1 N–H and O–H groups in total. The molecule has 3 rings (SSSR count). The van der Waals surface area contributed by atoms with E-state index >= 15 is 0 Å². The number of likely N-dealkylation sites (tertiary alicyclic amines) is 1. The monoisotopic (exact) mass is 363 g/mol. The van der Waals surface area contributed by atoms with Gasteiger partial charge in [-0.15, -0.1) is 0 Å². The molecular formula is C17H21N3O4S. The molecule has 2 aromatic rings. The number of carbonyl (C=O) groups excluding carboxylic acids is 1. The highest BCUT2D eigenvalue weighted by Gasteiger charge is 2.41. The minimum absolute atomic E-state index is 0.0673. The Kier molecular flexibility index (Phi) is 4.64. The molecule has 1 aromatic carbocycles. The van der Waals surface area contributed by atoms with Gasteiger partial charge in [0.05, 0.1) is 11.7 Å². The van der Waals surface area contributed by atoms with Crippen LogP contribution >= 0.6 is 11.7 Å². The van der Waals surface area contributed by atoms with Crippen LogP contribution in [0.5, 0.6) is 0 Å². The number of amides is 1.